The summed E-state index contributed by atoms with van der Waals surface area (Å²) in [4.78, 5) is 4.17. The fourth-order valence-corrected chi connectivity index (χ4v) is 2.06. The molecule has 1 heterocycles. The molecule has 110 valence electrons. The Morgan fingerprint density at radius 3 is 2.86 bits per heavy atom. The summed E-state index contributed by atoms with van der Waals surface area (Å²) < 4.78 is 6.07. The topological polar surface area (TPSA) is 34.1 Å². The average molecular weight is 282 g/mol. The van der Waals surface area contributed by atoms with Crippen LogP contribution < -0.4 is 10.1 Å². The van der Waals surface area contributed by atoms with Gasteiger partial charge >= 0.3 is 0 Å². The number of aromatic nitrogens is 1. The molecule has 0 radical (unpaired) electrons. The Hall–Kier alpha value is -2.13. The standard InChI is InChI=1S/C18H22N2O/c1-3-7-15-8-5-6-9-17(15)21-18-14-20-12-10-16(18)13-19-11-4-2/h3,5-10,12,14,19H,4,11,13H2,1-2H3/b7-3+. The van der Waals surface area contributed by atoms with Crippen LogP contribution in [0.15, 0.2) is 48.8 Å². The van der Waals surface area contributed by atoms with Gasteiger partial charge < -0.3 is 10.1 Å². The zero-order chi connectivity index (χ0) is 14.9. The first kappa shape index (κ1) is 15.3. The normalized spacial score (nSPS) is 11.0. The van der Waals surface area contributed by atoms with Crippen LogP contribution in [-0.2, 0) is 6.54 Å². The van der Waals surface area contributed by atoms with Crippen molar-refractivity contribution in [3.8, 4) is 11.5 Å². The maximum atomic E-state index is 6.07. The number of para-hydroxylation sites is 1. The van der Waals surface area contributed by atoms with Gasteiger partial charge in [-0.25, -0.2) is 0 Å². The van der Waals surface area contributed by atoms with Gasteiger partial charge in [-0.3, -0.25) is 4.98 Å². The molecule has 0 aliphatic heterocycles. The molecule has 0 fully saturated rings. The van der Waals surface area contributed by atoms with Crippen molar-refractivity contribution in [1.82, 2.24) is 10.3 Å². The van der Waals surface area contributed by atoms with Gasteiger partial charge in [0.25, 0.3) is 0 Å². The maximum absolute atomic E-state index is 6.07. The summed E-state index contributed by atoms with van der Waals surface area (Å²) in [7, 11) is 0. The minimum atomic E-state index is 0.789. The highest BCUT2D eigenvalue weighted by Crippen LogP contribution is 2.28. The van der Waals surface area contributed by atoms with Crippen molar-refractivity contribution in [2.45, 2.75) is 26.8 Å². The van der Waals surface area contributed by atoms with Crippen molar-refractivity contribution in [3.05, 3.63) is 59.9 Å². The summed E-state index contributed by atoms with van der Waals surface area (Å²) in [5.41, 5.74) is 2.19. The molecule has 3 heteroatoms. The lowest BCUT2D eigenvalue weighted by atomic mass is 10.2. The Labute approximate surface area is 126 Å². The second-order valence-corrected chi connectivity index (χ2v) is 4.80. The number of benzene rings is 1. The predicted octanol–water partition coefficient (Wildman–Crippen LogP) is 4.41. The SMILES string of the molecule is C/C=C/c1ccccc1Oc1cnccc1CNCCC. The zero-order valence-electron chi connectivity index (χ0n) is 12.7. The minimum absolute atomic E-state index is 0.789. The van der Waals surface area contributed by atoms with E-state index in [4.69, 9.17) is 4.74 Å². The van der Waals surface area contributed by atoms with Crippen LogP contribution in [0, 0.1) is 0 Å². The van der Waals surface area contributed by atoms with Crippen molar-refractivity contribution >= 4 is 6.08 Å². The molecule has 0 amide bonds. The summed E-state index contributed by atoms with van der Waals surface area (Å²) in [6.07, 6.45) is 8.74. The third-order valence-electron chi connectivity index (χ3n) is 3.10. The first-order valence-electron chi connectivity index (χ1n) is 7.38. The number of ether oxygens (including phenoxy) is 1. The minimum Gasteiger partial charge on any atom is -0.455 e. The van der Waals surface area contributed by atoms with Gasteiger partial charge in [-0.05, 0) is 32.0 Å². The van der Waals surface area contributed by atoms with Crippen LogP contribution in [0.2, 0.25) is 0 Å². The van der Waals surface area contributed by atoms with E-state index in [9.17, 15) is 0 Å². The molecule has 0 atom stereocenters. The van der Waals surface area contributed by atoms with Gasteiger partial charge in [0, 0.05) is 23.9 Å². The smallest absolute Gasteiger partial charge is 0.150 e. The van der Waals surface area contributed by atoms with Gasteiger partial charge in [0.15, 0.2) is 0 Å². The Balaban J connectivity index is 2.19. The molecule has 0 spiro atoms. The van der Waals surface area contributed by atoms with E-state index >= 15 is 0 Å². The lowest BCUT2D eigenvalue weighted by molar-refractivity contribution is 0.469. The Morgan fingerprint density at radius 2 is 2.05 bits per heavy atom. The number of hydrogen-bond donors (Lipinski definition) is 1. The van der Waals surface area contributed by atoms with Crippen LogP contribution in [-0.4, -0.2) is 11.5 Å². The Kier molecular flexibility index (Phi) is 5.98. The number of hydrogen-bond acceptors (Lipinski definition) is 3. The van der Waals surface area contributed by atoms with Crippen molar-refractivity contribution < 1.29 is 4.74 Å². The monoisotopic (exact) mass is 282 g/mol. The van der Waals surface area contributed by atoms with Gasteiger partial charge in [0.1, 0.15) is 11.5 Å². The highest BCUT2D eigenvalue weighted by molar-refractivity contribution is 5.57. The second kappa shape index (κ2) is 8.22. The molecule has 0 saturated heterocycles. The lowest BCUT2D eigenvalue weighted by Crippen LogP contribution is -2.14. The first-order valence-corrected chi connectivity index (χ1v) is 7.38. The largest absolute Gasteiger partial charge is 0.455 e. The summed E-state index contributed by atoms with van der Waals surface area (Å²) in [6, 6.07) is 10.0. The predicted molar refractivity (Wildman–Crippen MR) is 87.5 cm³/mol. The average Bonchev–Trinajstić information content (AvgIpc) is 2.51. The number of pyridine rings is 1. The number of nitrogens with zero attached hydrogens (tertiary/aromatic N) is 1. The summed E-state index contributed by atoms with van der Waals surface area (Å²) >= 11 is 0. The molecule has 1 N–H and O–H groups in total. The van der Waals surface area contributed by atoms with E-state index in [0.29, 0.717) is 0 Å². The van der Waals surface area contributed by atoms with Crippen LogP contribution in [0.25, 0.3) is 6.08 Å². The molecule has 0 aliphatic rings. The van der Waals surface area contributed by atoms with E-state index in [-0.39, 0.29) is 0 Å². The van der Waals surface area contributed by atoms with Crippen LogP contribution in [0.3, 0.4) is 0 Å². The lowest BCUT2D eigenvalue weighted by Gasteiger charge is -2.13. The molecule has 0 aliphatic carbocycles. The van der Waals surface area contributed by atoms with Crippen LogP contribution in [0.1, 0.15) is 31.4 Å². The Morgan fingerprint density at radius 1 is 1.19 bits per heavy atom. The highest BCUT2D eigenvalue weighted by Gasteiger charge is 2.07. The van der Waals surface area contributed by atoms with E-state index in [1.807, 2.05) is 49.4 Å². The molecule has 1 aromatic heterocycles. The number of allylic oxidation sites excluding steroid dienone is 1. The van der Waals surface area contributed by atoms with Crippen molar-refractivity contribution in [1.29, 1.82) is 0 Å². The fraction of sp³-hybridized carbons (Fsp3) is 0.278. The third-order valence-corrected chi connectivity index (χ3v) is 3.10. The Bertz CT molecular complexity index is 593. The fourth-order valence-electron chi connectivity index (χ4n) is 2.06. The first-order chi connectivity index (χ1) is 10.3. The molecular formula is C18H22N2O. The van der Waals surface area contributed by atoms with E-state index in [0.717, 1.165) is 42.1 Å². The van der Waals surface area contributed by atoms with Crippen molar-refractivity contribution in [2.24, 2.45) is 0 Å². The van der Waals surface area contributed by atoms with Crippen LogP contribution in [0.5, 0.6) is 11.5 Å². The molecule has 0 saturated carbocycles. The van der Waals surface area contributed by atoms with Gasteiger partial charge in [0.05, 0.1) is 6.20 Å². The van der Waals surface area contributed by atoms with Gasteiger partial charge in [0.2, 0.25) is 0 Å². The molecule has 3 nitrogen and oxygen atoms in total. The molecule has 0 bridgehead atoms. The quantitative estimate of drug-likeness (QED) is 0.764. The van der Waals surface area contributed by atoms with Gasteiger partial charge in [-0.1, -0.05) is 37.3 Å². The van der Waals surface area contributed by atoms with Crippen LogP contribution in [0.4, 0.5) is 0 Å². The summed E-state index contributed by atoms with van der Waals surface area (Å²) in [5.74, 6) is 1.65. The molecule has 2 rings (SSSR count). The van der Waals surface area contributed by atoms with Crippen molar-refractivity contribution in [2.75, 3.05) is 6.54 Å². The van der Waals surface area contributed by atoms with Gasteiger partial charge in [-0.15, -0.1) is 0 Å². The number of nitrogens with one attached hydrogen (secondary N) is 1. The highest BCUT2D eigenvalue weighted by atomic mass is 16.5. The zero-order valence-corrected chi connectivity index (χ0v) is 12.7. The van der Waals surface area contributed by atoms with E-state index in [1.54, 1.807) is 12.4 Å². The van der Waals surface area contributed by atoms with Gasteiger partial charge in [-0.2, -0.15) is 0 Å². The van der Waals surface area contributed by atoms with E-state index < -0.39 is 0 Å². The summed E-state index contributed by atoms with van der Waals surface area (Å²) in [6.45, 7) is 5.94. The molecular weight excluding hydrogens is 260 g/mol. The number of rotatable bonds is 7. The summed E-state index contributed by atoms with van der Waals surface area (Å²) in [5, 5.41) is 3.40. The molecule has 1 aromatic carbocycles. The van der Waals surface area contributed by atoms with Crippen molar-refractivity contribution in [3.63, 3.8) is 0 Å². The molecule has 2 aromatic rings. The maximum Gasteiger partial charge on any atom is 0.150 e. The molecule has 21 heavy (non-hydrogen) atoms. The second-order valence-electron chi connectivity index (χ2n) is 4.80. The molecule has 0 unspecified atom stereocenters. The van der Waals surface area contributed by atoms with E-state index in [2.05, 4.69) is 17.2 Å². The third kappa shape index (κ3) is 4.43. The van der Waals surface area contributed by atoms with E-state index in [1.165, 1.54) is 0 Å². The van der Waals surface area contributed by atoms with Crippen LogP contribution >= 0.6 is 0 Å².